The number of aromatic hydroxyl groups is 1. The highest BCUT2D eigenvalue weighted by atomic mass is 32.2. The van der Waals surface area contributed by atoms with Gasteiger partial charge >= 0.3 is 6.18 Å². The maximum absolute atomic E-state index is 13.7. The molecule has 1 aromatic rings. The van der Waals surface area contributed by atoms with Gasteiger partial charge in [0.15, 0.2) is 0 Å². The molecule has 30 heavy (non-hydrogen) atoms. The number of rotatable bonds is 5. The lowest BCUT2D eigenvalue weighted by Gasteiger charge is -2.37. The monoisotopic (exact) mass is 468 g/mol. The molecule has 0 unspecified atom stereocenters. The van der Waals surface area contributed by atoms with Gasteiger partial charge in [-0.2, -0.15) is 13.2 Å². The van der Waals surface area contributed by atoms with Crippen molar-refractivity contribution in [2.45, 2.75) is 37.1 Å². The Bertz CT molecular complexity index is 1070. The summed E-state index contributed by atoms with van der Waals surface area (Å²) < 4.78 is 93.2. The first-order chi connectivity index (χ1) is 13.8. The molecule has 1 aromatic carbocycles. The van der Waals surface area contributed by atoms with Crippen LogP contribution >= 0.6 is 0 Å². The van der Waals surface area contributed by atoms with E-state index < -0.39 is 42.3 Å². The third-order valence-corrected chi connectivity index (χ3v) is 11.0. The topological polar surface area (TPSA) is 104 Å². The Morgan fingerprint density at radius 2 is 2.00 bits per heavy atom. The standard InChI is InChI=1S/C18H23F3N2O5S2/c1-2-29(25,26)22-10-17-12-4-3-11(7-12)15(17)9-23(30(17,27)28)13-5-6-16(24)14(8-13)18(19,20)21/h5-6,8,11-12,15,22,24H,2-4,7,9-10H2,1H3/t11-,12+,15-,17+/m0/s1. The molecule has 3 fully saturated rings. The minimum Gasteiger partial charge on any atom is -0.507 e. The molecule has 0 amide bonds. The van der Waals surface area contributed by atoms with E-state index >= 15 is 0 Å². The van der Waals surface area contributed by atoms with Gasteiger partial charge < -0.3 is 5.11 Å². The molecule has 2 N–H and O–H groups in total. The van der Waals surface area contributed by atoms with Crippen molar-refractivity contribution >= 4 is 25.7 Å². The Balaban J connectivity index is 1.78. The lowest BCUT2D eigenvalue weighted by atomic mass is 9.78. The zero-order valence-electron chi connectivity index (χ0n) is 16.2. The van der Waals surface area contributed by atoms with Gasteiger partial charge in [-0.05, 0) is 56.2 Å². The van der Waals surface area contributed by atoms with Gasteiger partial charge in [-0.3, -0.25) is 4.31 Å². The van der Waals surface area contributed by atoms with Crippen LogP contribution in [0, 0.1) is 17.8 Å². The van der Waals surface area contributed by atoms with Crippen molar-refractivity contribution in [1.29, 1.82) is 0 Å². The van der Waals surface area contributed by atoms with Gasteiger partial charge in [-0.1, -0.05) is 0 Å². The summed E-state index contributed by atoms with van der Waals surface area (Å²) in [5.74, 6) is -1.71. The second-order valence-electron chi connectivity index (χ2n) is 8.29. The van der Waals surface area contributed by atoms with Crippen LogP contribution in [0.5, 0.6) is 5.75 Å². The summed E-state index contributed by atoms with van der Waals surface area (Å²) in [6.45, 7) is 1.17. The third-order valence-electron chi connectivity index (χ3n) is 7.02. The molecule has 1 heterocycles. The number of hydrogen-bond donors (Lipinski definition) is 2. The number of halogens is 3. The Morgan fingerprint density at radius 3 is 2.63 bits per heavy atom. The molecule has 168 valence electrons. The molecule has 12 heteroatoms. The maximum atomic E-state index is 13.7. The fourth-order valence-electron chi connectivity index (χ4n) is 5.56. The van der Waals surface area contributed by atoms with Crippen LogP contribution in [0.25, 0.3) is 0 Å². The number of fused-ring (bicyclic) bond motifs is 5. The molecule has 4 rings (SSSR count). The van der Waals surface area contributed by atoms with Crippen molar-refractivity contribution < 1.29 is 35.1 Å². The van der Waals surface area contributed by atoms with Gasteiger partial charge in [0, 0.05) is 19.0 Å². The van der Waals surface area contributed by atoms with E-state index in [-0.39, 0.29) is 42.3 Å². The van der Waals surface area contributed by atoms with Crippen LogP contribution < -0.4 is 9.03 Å². The second-order valence-corrected chi connectivity index (χ2v) is 12.5. The van der Waals surface area contributed by atoms with E-state index in [0.717, 1.165) is 22.9 Å². The van der Waals surface area contributed by atoms with Crippen LogP contribution in [0.1, 0.15) is 31.7 Å². The van der Waals surface area contributed by atoms with Crippen molar-refractivity contribution in [3.05, 3.63) is 23.8 Å². The van der Waals surface area contributed by atoms with Gasteiger partial charge in [0.05, 0.1) is 17.0 Å². The molecule has 0 aromatic heterocycles. The lowest BCUT2D eigenvalue weighted by Crippen LogP contribution is -2.55. The summed E-state index contributed by atoms with van der Waals surface area (Å²) in [5, 5.41) is 9.59. The quantitative estimate of drug-likeness (QED) is 0.690. The predicted octanol–water partition coefficient (Wildman–Crippen LogP) is 2.29. The summed E-state index contributed by atoms with van der Waals surface area (Å²) in [4.78, 5) is 0. The van der Waals surface area contributed by atoms with Crippen molar-refractivity contribution in [3.63, 3.8) is 0 Å². The number of hydrogen-bond acceptors (Lipinski definition) is 5. The summed E-state index contributed by atoms with van der Waals surface area (Å²) in [6, 6.07) is 2.62. The van der Waals surface area contributed by atoms with Crippen LogP contribution in [0.4, 0.5) is 18.9 Å². The lowest BCUT2D eigenvalue weighted by molar-refractivity contribution is -0.138. The van der Waals surface area contributed by atoms with Gasteiger partial charge in [0.1, 0.15) is 10.5 Å². The third kappa shape index (κ3) is 3.01. The van der Waals surface area contributed by atoms with Gasteiger partial charge in [0.25, 0.3) is 0 Å². The predicted molar refractivity (Wildman–Crippen MR) is 104 cm³/mol. The molecule has 3 aliphatic rings. The number of nitrogens with one attached hydrogen (secondary N) is 1. The normalized spacial score (nSPS) is 32.5. The number of nitrogens with zero attached hydrogens (tertiary/aromatic N) is 1. The molecule has 7 nitrogen and oxygen atoms in total. The van der Waals surface area contributed by atoms with Crippen LogP contribution in [0.15, 0.2) is 18.2 Å². The number of phenolic OH excluding ortho intramolecular Hbond substituents is 1. The molecular weight excluding hydrogens is 445 g/mol. The number of sulfonamides is 2. The highest BCUT2D eigenvalue weighted by Gasteiger charge is 2.70. The number of phenols is 1. The zero-order chi connectivity index (χ0) is 22.1. The second kappa shape index (κ2) is 6.73. The van der Waals surface area contributed by atoms with Gasteiger partial charge in [0.2, 0.25) is 20.0 Å². The summed E-state index contributed by atoms with van der Waals surface area (Å²) in [6.07, 6.45) is -2.70. The first-order valence-electron chi connectivity index (χ1n) is 9.73. The van der Waals surface area contributed by atoms with E-state index in [1.807, 2.05) is 0 Å². The Labute approximate surface area is 173 Å². The van der Waals surface area contributed by atoms with E-state index in [2.05, 4.69) is 4.72 Å². The smallest absolute Gasteiger partial charge is 0.420 e. The van der Waals surface area contributed by atoms with Gasteiger partial charge in [-0.15, -0.1) is 0 Å². The average molecular weight is 469 g/mol. The van der Waals surface area contributed by atoms with Crippen LogP contribution in [0.2, 0.25) is 0 Å². The van der Waals surface area contributed by atoms with Crippen LogP contribution in [0.3, 0.4) is 0 Å². The van der Waals surface area contributed by atoms with Gasteiger partial charge in [-0.25, -0.2) is 21.6 Å². The fourth-order valence-corrected chi connectivity index (χ4v) is 9.01. The molecule has 2 aliphatic carbocycles. The molecular formula is C18H23F3N2O5S2. The first kappa shape index (κ1) is 21.7. The van der Waals surface area contributed by atoms with E-state index in [4.69, 9.17) is 0 Å². The Morgan fingerprint density at radius 1 is 1.30 bits per heavy atom. The molecule has 2 bridgehead atoms. The number of benzene rings is 1. The number of alkyl halides is 3. The summed E-state index contributed by atoms with van der Waals surface area (Å²) >= 11 is 0. The summed E-state index contributed by atoms with van der Waals surface area (Å²) in [7, 11) is -7.80. The van der Waals surface area contributed by atoms with E-state index in [0.29, 0.717) is 18.9 Å². The Kier molecular flexibility index (Phi) is 4.87. The van der Waals surface area contributed by atoms with Crippen molar-refractivity contribution in [2.75, 3.05) is 23.1 Å². The number of anilines is 1. The summed E-state index contributed by atoms with van der Waals surface area (Å²) in [5.41, 5.74) is -1.48. The fraction of sp³-hybridized carbons (Fsp3) is 0.667. The van der Waals surface area contributed by atoms with E-state index in [1.54, 1.807) is 0 Å². The largest absolute Gasteiger partial charge is 0.507 e. The molecule has 0 radical (unpaired) electrons. The van der Waals surface area contributed by atoms with Crippen molar-refractivity contribution in [1.82, 2.24) is 4.72 Å². The van der Waals surface area contributed by atoms with E-state index in [9.17, 15) is 35.1 Å². The molecule has 1 saturated heterocycles. The van der Waals surface area contributed by atoms with Crippen LogP contribution in [-0.2, 0) is 26.2 Å². The maximum Gasteiger partial charge on any atom is 0.420 e. The highest BCUT2D eigenvalue weighted by molar-refractivity contribution is 7.94. The first-order valence-corrected chi connectivity index (χ1v) is 12.8. The van der Waals surface area contributed by atoms with Crippen molar-refractivity contribution in [3.8, 4) is 5.75 Å². The minimum atomic E-state index is -4.84. The molecule has 2 saturated carbocycles. The molecule has 0 spiro atoms. The average Bonchev–Trinajstić information content (AvgIpc) is 3.30. The zero-order valence-corrected chi connectivity index (χ0v) is 17.8. The van der Waals surface area contributed by atoms with Crippen LogP contribution in [-0.4, -0.2) is 45.5 Å². The minimum absolute atomic E-state index is 0.000570. The highest BCUT2D eigenvalue weighted by Crippen LogP contribution is 2.62. The molecule has 4 atom stereocenters. The van der Waals surface area contributed by atoms with Crippen molar-refractivity contribution in [2.24, 2.45) is 17.8 Å². The van der Waals surface area contributed by atoms with E-state index in [1.165, 1.54) is 6.92 Å². The molecule has 1 aliphatic heterocycles. The SMILES string of the molecule is CCS(=O)(=O)NC[C@@]12[C@@H]3CC[C@@H](C3)[C@@H]1CN(c1ccc(O)c(C(F)(F)F)c1)S2(=O)=O. The Hall–Kier alpha value is -1.53.